The fourth-order valence-electron chi connectivity index (χ4n) is 2.91. The molecule has 3 nitrogen and oxygen atoms in total. The standard InChI is InChI=1S/C19H15NO2S/c1-13-9-10-15-12-19(20-17(15)11-13)23(21,22)18-8-4-6-14-5-2-3-7-16(14)18/h2-12,20H,1H3. The van der Waals surface area contributed by atoms with Gasteiger partial charge in [0.2, 0.25) is 9.84 Å². The van der Waals surface area contributed by atoms with Crippen molar-refractivity contribution in [3.8, 4) is 0 Å². The first-order valence-electron chi connectivity index (χ1n) is 7.38. The second-order valence-corrected chi connectivity index (χ2v) is 7.59. The van der Waals surface area contributed by atoms with Crippen LogP contribution in [0.5, 0.6) is 0 Å². The van der Waals surface area contributed by atoms with E-state index in [4.69, 9.17) is 0 Å². The molecule has 3 aromatic carbocycles. The van der Waals surface area contributed by atoms with Crippen LogP contribution in [0.25, 0.3) is 21.7 Å². The van der Waals surface area contributed by atoms with E-state index in [1.807, 2.05) is 55.5 Å². The Morgan fingerprint density at radius 2 is 1.61 bits per heavy atom. The van der Waals surface area contributed by atoms with Gasteiger partial charge in [-0.15, -0.1) is 0 Å². The topological polar surface area (TPSA) is 49.9 Å². The number of aromatic amines is 1. The van der Waals surface area contributed by atoms with E-state index in [0.717, 1.165) is 27.2 Å². The zero-order chi connectivity index (χ0) is 16.0. The Morgan fingerprint density at radius 1 is 0.826 bits per heavy atom. The van der Waals surface area contributed by atoms with Crippen LogP contribution in [0.4, 0.5) is 0 Å². The van der Waals surface area contributed by atoms with Crippen molar-refractivity contribution in [2.45, 2.75) is 16.8 Å². The first-order valence-corrected chi connectivity index (χ1v) is 8.86. The lowest BCUT2D eigenvalue weighted by Crippen LogP contribution is -2.03. The van der Waals surface area contributed by atoms with Gasteiger partial charge in [0.15, 0.2) is 0 Å². The molecule has 0 aliphatic rings. The van der Waals surface area contributed by atoms with Crippen molar-refractivity contribution in [2.75, 3.05) is 0 Å². The molecule has 0 saturated carbocycles. The smallest absolute Gasteiger partial charge is 0.222 e. The van der Waals surface area contributed by atoms with Crippen molar-refractivity contribution < 1.29 is 8.42 Å². The predicted molar refractivity (Wildman–Crippen MR) is 92.4 cm³/mol. The Hall–Kier alpha value is -2.59. The van der Waals surface area contributed by atoms with Gasteiger partial charge in [-0.3, -0.25) is 0 Å². The molecule has 0 atom stereocenters. The maximum absolute atomic E-state index is 13.1. The third-order valence-corrected chi connectivity index (χ3v) is 5.82. The summed E-state index contributed by atoms with van der Waals surface area (Å²) in [5.41, 5.74) is 1.93. The summed E-state index contributed by atoms with van der Waals surface area (Å²) >= 11 is 0. The molecule has 0 amide bonds. The van der Waals surface area contributed by atoms with E-state index in [2.05, 4.69) is 4.98 Å². The molecule has 0 fully saturated rings. The Balaban J connectivity index is 1.98. The Morgan fingerprint density at radius 3 is 2.48 bits per heavy atom. The number of hydrogen-bond acceptors (Lipinski definition) is 2. The van der Waals surface area contributed by atoms with Gasteiger partial charge in [0.05, 0.1) is 4.90 Å². The van der Waals surface area contributed by atoms with Crippen LogP contribution in [-0.4, -0.2) is 13.4 Å². The molecular formula is C19H15NO2S. The van der Waals surface area contributed by atoms with Gasteiger partial charge in [-0.1, -0.05) is 48.5 Å². The molecule has 0 radical (unpaired) electrons. The summed E-state index contributed by atoms with van der Waals surface area (Å²) in [4.78, 5) is 3.38. The number of benzene rings is 3. The fourth-order valence-corrected chi connectivity index (χ4v) is 4.40. The molecule has 0 spiro atoms. The normalized spacial score (nSPS) is 12.0. The quantitative estimate of drug-likeness (QED) is 0.592. The van der Waals surface area contributed by atoms with E-state index in [1.54, 1.807) is 18.2 Å². The van der Waals surface area contributed by atoms with Crippen molar-refractivity contribution in [3.05, 3.63) is 72.3 Å². The SMILES string of the molecule is Cc1ccc2cc(S(=O)(=O)c3cccc4ccccc34)[nH]c2c1. The Bertz CT molecular complexity index is 1140. The maximum atomic E-state index is 13.1. The summed E-state index contributed by atoms with van der Waals surface area (Å²) in [7, 11) is -3.60. The molecule has 4 rings (SSSR count). The molecular weight excluding hydrogens is 306 g/mol. The van der Waals surface area contributed by atoms with E-state index < -0.39 is 9.84 Å². The van der Waals surface area contributed by atoms with Crippen LogP contribution < -0.4 is 0 Å². The summed E-state index contributed by atoms with van der Waals surface area (Å²) in [5, 5.41) is 2.79. The number of rotatable bonds is 2. The van der Waals surface area contributed by atoms with Gasteiger partial charge in [-0.25, -0.2) is 8.42 Å². The number of hydrogen-bond donors (Lipinski definition) is 1. The molecule has 1 aromatic heterocycles. The number of fused-ring (bicyclic) bond motifs is 2. The number of aryl methyl sites for hydroxylation is 1. The van der Waals surface area contributed by atoms with Crippen LogP contribution in [0.15, 0.2) is 76.7 Å². The highest BCUT2D eigenvalue weighted by Gasteiger charge is 2.22. The Labute approximate surface area is 134 Å². The molecule has 1 heterocycles. The average molecular weight is 321 g/mol. The van der Waals surface area contributed by atoms with Gasteiger partial charge < -0.3 is 4.98 Å². The summed E-state index contributed by atoms with van der Waals surface area (Å²) in [6, 6.07) is 20.5. The van der Waals surface area contributed by atoms with Crippen LogP contribution in [0.3, 0.4) is 0 Å². The minimum absolute atomic E-state index is 0.231. The second kappa shape index (κ2) is 4.96. The van der Waals surface area contributed by atoms with Crippen molar-refractivity contribution in [2.24, 2.45) is 0 Å². The van der Waals surface area contributed by atoms with E-state index in [9.17, 15) is 8.42 Å². The molecule has 0 saturated heterocycles. The summed E-state index contributed by atoms with van der Waals surface area (Å²) < 4.78 is 26.1. The highest BCUT2D eigenvalue weighted by molar-refractivity contribution is 7.91. The van der Waals surface area contributed by atoms with E-state index in [1.165, 1.54) is 0 Å². The van der Waals surface area contributed by atoms with Crippen LogP contribution >= 0.6 is 0 Å². The van der Waals surface area contributed by atoms with Gasteiger partial charge in [-0.05, 0) is 36.1 Å². The molecule has 0 aliphatic carbocycles. The van der Waals surface area contributed by atoms with E-state index >= 15 is 0 Å². The van der Waals surface area contributed by atoms with Gasteiger partial charge in [0.25, 0.3) is 0 Å². The molecule has 4 heteroatoms. The zero-order valence-electron chi connectivity index (χ0n) is 12.6. The van der Waals surface area contributed by atoms with Crippen LogP contribution in [-0.2, 0) is 9.84 Å². The lowest BCUT2D eigenvalue weighted by atomic mass is 10.1. The first-order chi connectivity index (χ1) is 11.1. The van der Waals surface area contributed by atoms with Gasteiger partial charge in [0, 0.05) is 16.3 Å². The third-order valence-electron chi connectivity index (χ3n) is 4.08. The zero-order valence-corrected chi connectivity index (χ0v) is 13.4. The highest BCUT2D eigenvalue weighted by Crippen LogP contribution is 2.29. The largest absolute Gasteiger partial charge is 0.345 e. The number of H-pyrrole nitrogens is 1. The number of nitrogens with one attached hydrogen (secondary N) is 1. The minimum Gasteiger partial charge on any atom is -0.345 e. The van der Waals surface area contributed by atoms with Crippen LogP contribution in [0.2, 0.25) is 0 Å². The van der Waals surface area contributed by atoms with Gasteiger partial charge in [0.1, 0.15) is 5.03 Å². The lowest BCUT2D eigenvalue weighted by molar-refractivity contribution is 0.594. The molecule has 0 aliphatic heterocycles. The molecule has 114 valence electrons. The Kier molecular flexibility index (Phi) is 3.03. The molecule has 0 unspecified atom stereocenters. The summed E-state index contributed by atoms with van der Waals surface area (Å²) in [5.74, 6) is 0. The van der Waals surface area contributed by atoms with Crippen molar-refractivity contribution in [1.82, 2.24) is 4.98 Å². The van der Waals surface area contributed by atoms with E-state index in [-0.39, 0.29) is 5.03 Å². The van der Waals surface area contributed by atoms with Crippen LogP contribution in [0, 0.1) is 6.92 Å². The van der Waals surface area contributed by atoms with Crippen LogP contribution in [0.1, 0.15) is 5.56 Å². The van der Waals surface area contributed by atoms with Crippen molar-refractivity contribution in [1.29, 1.82) is 0 Å². The molecule has 0 bridgehead atoms. The molecule has 1 N–H and O–H groups in total. The van der Waals surface area contributed by atoms with Crippen molar-refractivity contribution in [3.63, 3.8) is 0 Å². The average Bonchev–Trinajstić information content (AvgIpc) is 2.98. The third kappa shape index (κ3) is 2.23. The predicted octanol–water partition coefficient (Wildman–Crippen LogP) is 4.46. The maximum Gasteiger partial charge on any atom is 0.222 e. The van der Waals surface area contributed by atoms with Gasteiger partial charge >= 0.3 is 0 Å². The lowest BCUT2D eigenvalue weighted by Gasteiger charge is -2.06. The van der Waals surface area contributed by atoms with Gasteiger partial charge in [-0.2, -0.15) is 0 Å². The summed E-state index contributed by atoms with van der Waals surface area (Å²) in [6.07, 6.45) is 0. The number of aromatic nitrogens is 1. The number of sulfone groups is 1. The molecule has 4 aromatic rings. The first kappa shape index (κ1) is 14.0. The van der Waals surface area contributed by atoms with E-state index in [0.29, 0.717) is 4.90 Å². The second-order valence-electron chi connectivity index (χ2n) is 5.71. The molecule has 23 heavy (non-hydrogen) atoms. The highest BCUT2D eigenvalue weighted by atomic mass is 32.2. The summed E-state index contributed by atoms with van der Waals surface area (Å²) in [6.45, 7) is 1.99. The monoisotopic (exact) mass is 321 g/mol. The fraction of sp³-hybridized carbons (Fsp3) is 0.0526. The minimum atomic E-state index is -3.60. The van der Waals surface area contributed by atoms with Crippen molar-refractivity contribution >= 4 is 31.5 Å².